The summed E-state index contributed by atoms with van der Waals surface area (Å²) in [5, 5.41) is 3.74. The van der Waals surface area contributed by atoms with E-state index in [1.165, 1.54) is 12.1 Å². The molecule has 0 aliphatic heterocycles. The van der Waals surface area contributed by atoms with Gasteiger partial charge in [-0.3, -0.25) is 9.59 Å². The van der Waals surface area contributed by atoms with Crippen LogP contribution in [0.1, 0.15) is 47.4 Å². The van der Waals surface area contributed by atoms with E-state index in [1.807, 2.05) is 18.2 Å². The van der Waals surface area contributed by atoms with Crippen molar-refractivity contribution in [1.29, 1.82) is 0 Å². The zero-order valence-electron chi connectivity index (χ0n) is 19.2. The van der Waals surface area contributed by atoms with Crippen LogP contribution in [0.4, 0.5) is 4.39 Å². The van der Waals surface area contributed by atoms with E-state index >= 15 is 0 Å². The number of amides is 1. The molecule has 0 radical (unpaired) electrons. The number of furan rings is 1. The van der Waals surface area contributed by atoms with E-state index in [0.717, 1.165) is 17.5 Å². The van der Waals surface area contributed by atoms with Gasteiger partial charge in [0.2, 0.25) is 0 Å². The highest BCUT2D eigenvalue weighted by Gasteiger charge is 2.22. The average molecular weight is 478 g/mol. The van der Waals surface area contributed by atoms with Crippen molar-refractivity contribution in [1.82, 2.24) is 5.32 Å². The second kappa shape index (κ2) is 9.82. The largest absolute Gasteiger partial charge is 0.455 e. The highest BCUT2D eigenvalue weighted by molar-refractivity contribution is 6.31. The number of nitrogens with one attached hydrogen (secondary N) is 1. The Morgan fingerprint density at radius 1 is 0.971 bits per heavy atom. The maximum absolute atomic E-state index is 13.4. The highest BCUT2D eigenvalue weighted by atomic mass is 35.5. The van der Waals surface area contributed by atoms with Crippen LogP contribution in [-0.2, 0) is 0 Å². The van der Waals surface area contributed by atoms with Crippen LogP contribution in [0.15, 0.2) is 65.1 Å². The predicted molar refractivity (Wildman–Crippen MR) is 134 cm³/mol. The normalized spacial score (nSPS) is 11.2. The molecule has 4 nitrogen and oxygen atoms in total. The minimum absolute atomic E-state index is 0.0477. The molecule has 0 saturated heterocycles. The molecule has 0 saturated carbocycles. The Balaban J connectivity index is 1.82. The number of fused-ring (bicyclic) bond motifs is 1. The third kappa shape index (κ3) is 4.90. The summed E-state index contributed by atoms with van der Waals surface area (Å²) < 4.78 is 19.5. The zero-order chi connectivity index (χ0) is 24.4. The number of carbonyl (C=O) groups excluding carboxylic acids is 2. The molecule has 4 rings (SSSR count). The predicted octanol–water partition coefficient (Wildman–Crippen LogP) is 7.54. The van der Waals surface area contributed by atoms with Gasteiger partial charge in [0.25, 0.3) is 5.91 Å². The molecule has 174 valence electrons. The van der Waals surface area contributed by atoms with Crippen molar-refractivity contribution in [2.24, 2.45) is 5.92 Å². The average Bonchev–Trinajstić information content (AvgIpc) is 3.20. The van der Waals surface area contributed by atoms with Crippen molar-refractivity contribution in [3.63, 3.8) is 0 Å². The minimum atomic E-state index is -0.372. The quantitative estimate of drug-likeness (QED) is 0.280. The molecular formula is C28H25ClFNO3. The Bertz CT molecular complexity index is 1370. The summed E-state index contributed by atoms with van der Waals surface area (Å²) in [5.41, 5.74) is 3.62. The van der Waals surface area contributed by atoms with Crippen molar-refractivity contribution in [3.05, 3.63) is 82.6 Å². The van der Waals surface area contributed by atoms with Gasteiger partial charge in [-0.15, -0.1) is 0 Å². The fraction of sp³-hybridized carbons (Fsp3) is 0.214. The van der Waals surface area contributed by atoms with Crippen LogP contribution < -0.4 is 5.32 Å². The van der Waals surface area contributed by atoms with Crippen LogP contribution in [0, 0.1) is 11.7 Å². The fourth-order valence-corrected chi connectivity index (χ4v) is 4.15. The van der Waals surface area contributed by atoms with Gasteiger partial charge in [0.05, 0.1) is 5.56 Å². The third-order valence-corrected chi connectivity index (χ3v) is 5.97. The fourth-order valence-electron chi connectivity index (χ4n) is 3.91. The summed E-state index contributed by atoms with van der Waals surface area (Å²) in [5.74, 6) is 0.160. The minimum Gasteiger partial charge on any atom is -0.455 e. The molecule has 3 aromatic carbocycles. The first-order chi connectivity index (χ1) is 16.3. The second-order valence-corrected chi connectivity index (χ2v) is 9.12. The van der Waals surface area contributed by atoms with E-state index < -0.39 is 0 Å². The molecule has 0 aliphatic rings. The SMILES string of the molecule is CNC(=O)c1c(-c2ccc(F)cc2)oc2ccc(-c3cc(Cl)cc(C(=O)CCC(C)C)c3)cc12. The summed E-state index contributed by atoms with van der Waals surface area (Å²) >= 11 is 6.36. The molecule has 0 unspecified atom stereocenters. The second-order valence-electron chi connectivity index (χ2n) is 8.69. The topological polar surface area (TPSA) is 59.3 Å². The molecule has 1 N–H and O–H groups in total. The van der Waals surface area contributed by atoms with E-state index in [1.54, 1.807) is 37.4 Å². The number of Topliss-reactive ketones (excluding diaryl/α,β-unsaturated/α-hetero) is 1. The maximum atomic E-state index is 13.4. The van der Waals surface area contributed by atoms with Gasteiger partial charge in [-0.25, -0.2) is 4.39 Å². The maximum Gasteiger partial charge on any atom is 0.255 e. The number of hydrogen-bond acceptors (Lipinski definition) is 3. The van der Waals surface area contributed by atoms with Gasteiger partial charge in [-0.1, -0.05) is 31.5 Å². The zero-order valence-corrected chi connectivity index (χ0v) is 20.0. The lowest BCUT2D eigenvalue weighted by Crippen LogP contribution is -2.18. The Kier molecular flexibility index (Phi) is 6.85. The molecule has 34 heavy (non-hydrogen) atoms. The van der Waals surface area contributed by atoms with Crippen LogP contribution >= 0.6 is 11.6 Å². The number of hydrogen-bond donors (Lipinski definition) is 1. The van der Waals surface area contributed by atoms with Gasteiger partial charge in [0, 0.05) is 35.0 Å². The lowest BCUT2D eigenvalue weighted by molar-refractivity contribution is 0.0960. The Morgan fingerprint density at radius 2 is 1.68 bits per heavy atom. The monoisotopic (exact) mass is 477 g/mol. The molecule has 1 amide bonds. The van der Waals surface area contributed by atoms with Gasteiger partial charge >= 0.3 is 0 Å². The van der Waals surface area contributed by atoms with E-state index in [4.69, 9.17) is 16.0 Å². The van der Waals surface area contributed by atoms with Crippen LogP contribution in [0.25, 0.3) is 33.4 Å². The molecule has 1 heterocycles. The molecule has 4 aromatic rings. The van der Waals surface area contributed by atoms with E-state index in [9.17, 15) is 14.0 Å². The van der Waals surface area contributed by atoms with Crippen LogP contribution in [0.3, 0.4) is 0 Å². The Morgan fingerprint density at radius 3 is 2.35 bits per heavy atom. The lowest BCUT2D eigenvalue weighted by Gasteiger charge is -2.08. The summed E-state index contributed by atoms with van der Waals surface area (Å²) in [4.78, 5) is 25.5. The first kappa shape index (κ1) is 23.7. The number of halogens is 2. The number of ketones is 1. The van der Waals surface area contributed by atoms with Crippen molar-refractivity contribution in [2.75, 3.05) is 7.05 Å². The van der Waals surface area contributed by atoms with Crippen LogP contribution in [0.5, 0.6) is 0 Å². The third-order valence-electron chi connectivity index (χ3n) is 5.75. The van der Waals surface area contributed by atoms with Gasteiger partial charge in [-0.05, 0) is 78.1 Å². The van der Waals surface area contributed by atoms with Crippen molar-refractivity contribution >= 4 is 34.3 Å². The van der Waals surface area contributed by atoms with Crippen molar-refractivity contribution in [2.45, 2.75) is 26.7 Å². The first-order valence-electron chi connectivity index (χ1n) is 11.2. The molecule has 0 bridgehead atoms. The lowest BCUT2D eigenvalue weighted by atomic mass is 9.96. The Hall–Kier alpha value is -3.44. The molecule has 0 fully saturated rings. The molecule has 0 spiro atoms. The van der Waals surface area contributed by atoms with E-state index in [2.05, 4.69) is 19.2 Å². The van der Waals surface area contributed by atoms with Crippen LogP contribution in [-0.4, -0.2) is 18.7 Å². The standard InChI is InChI=1S/C28H25ClFNO3/c1-16(2)4-10-24(32)20-12-19(13-21(29)14-20)18-7-11-25-23(15-18)26(28(33)31-3)27(34-25)17-5-8-22(30)9-6-17/h5-9,11-16H,4,10H2,1-3H3,(H,31,33). The van der Waals surface area contributed by atoms with E-state index in [-0.39, 0.29) is 17.5 Å². The molecule has 0 atom stereocenters. The van der Waals surface area contributed by atoms with Gasteiger partial charge in [0.1, 0.15) is 17.2 Å². The van der Waals surface area contributed by atoms with Gasteiger partial charge < -0.3 is 9.73 Å². The first-order valence-corrected chi connectivity index (χ1v) is 11.5. The summed E-state index contributed by atoms with van der Waals surface area (Å²) in [7, 11) is 1.55. The van der Waals surface area contributed by atoms with Crippen molar-refractivity contribution < 1.29 is 18.4 Å². The smallest absolute Gasteiger partial charge is 0.255 e. The summed E-state index contributed by atoms with van der Waals surface area (Å²) in [6, 6.07) is 16.6. The number of rotatable bonds is 7. The van der Waals surface area contributed by atoms with Gasteiger partial charge in [0.15, 0.2) is 5.78 Å². The summed E-state index contributed by atoms with van der Waals surface area (Å²) in [6.07, 6.45) is 1.27. The highest BCUT2D eigenvalue weighted by Crippen LogP contribution is 2.37. The summed E-state index contributed by atoms with van der Waals surface area (Å²) in [6.45, 7) is 4.17. The van der Waals surface area contributed by atoms with Crippen molar-refractivity contribution in [3.8, 4) is 22.5 Å². The number of carbonyl (C=O) groups is 2. The molecule has 6 heteroatoms. The molecular weight excluding hydrogens is 453 g/mol. The van der Waals surface area contributed by atoms with E-state index in [0.29, 0.717) is 50.8 Å². The van der Waals surface area contributed by atoms with Gasteiger partial charge in [-0.2, -0.15) is 0 Å². The number of benzene rings is 3. The molecule has 0 aliphatic carbocycles. The molecule has 1 aromatic heterocycles. The van der Waals surface area contributed by atoms with Crippen LogP contribution in [0.2, 0.25) is 5.02 Å². The Labute approximate surface area is 202 Å².